The van der Waals surface area contributed by atoms with Crippen LogP contribution in [0.3, 0.4) is 0 Å². The molecule has 0 N–H and O–H groups in total. The van der Waals surface area contributed by atoms with Crippen molar-refractivity contribution in [3.8, 4) is 11.1 Å². The van der Waals surface area contributed by atoms with Crippen LogP contribution in [0.1, 0.15) is 30.4 Å². The van der Waals surface area contributed by atoms with E-state index in [4.69, 9.17) is 5.53 Å². The Morgan fingerprint density at radius 2 is 1.29 bits per heavy atom. The van der Waals surface area contributed by atoms with E-state index in [-0.39, 0.29) is 0 Å². The van der Waals surface area contributed by atoms with Crippen LogP contribution in [0.5, 0.6) is 0 Å². The van der Waals surface area contributed by atoms with E-state index < -0.39 is 0 Å². The molecular formula is C27H26N4. The highest BCUT2D eigenvalue weighted by Gasteiger charge is 2.19. The molecule has 31 heavy (non-hydrogen) atoms. The summed E-state index contributed by atoms with van der Waals surface area (Å²) < 4.78 is 0. The van der Waals surface area contributed by atoms with Gasteiger partial charge in [0.15, 0.2) is 0 Å². The Morgan fingerprint density at radius 3 is 1.94 bits per heavy atom. The van der Waals surface area contributed by atoms with Crippen molar-refractivity contribution < 1.29 is 0 Å². The van der Waals surface area contributed by atoms with Crippen molar-refractivity contribution in [2.45, 2.75) is 32.4 Å². The van der Waals surface area contributed by atoms with Crippen LogP contribution in [0.2, 0.25) is 0 Å². The Kier molecular flexibility index (Phi) is 5.57. The van der Waals surface area contributed by atoms with Gasteiger partial charge in [-0.05, 0) is 75.3 Å². The van der Waals surface area contributed by atoms with Crippen LogP contribution in [0.15, 0.2) is 77.9 Å². The summed E-state index contributed by atoms with van der Waals surface area (Å²) in [5.74, 6) is 0. The summed E-state index contributed by atoms with van der Waals surface area (Å²) >= 11 is 0. The summed E-state index contributed by atoms with van der Waals surface area (Å²) in [7, 11) is 0. The third kappa shape index (κ3) is 3.88. The predicted octanol–water partition coefficient (Wildman–Crippen LogP) is 7.46. The number of hydrogen-bond donors (Lipinski definition) is 0. The van der Waals surface area contributed by atoms with Crippen LogP contribution < -0.4 is 0 Å². The molecule has 4 aromatic rings. The molecule has 5 rings (SSSR count). The van der Waals surface area contributed by atoms with Gasteiger partial charge in [0.2, 0.25) is 0 Å². The SMILES string of the molecule is [N-]=[N+]=NCc1ccc2ccccc2c1-c1c(CN2CCCCC2)ccc2ccccc12. The van der Waals surface area contributed by atoms with E-state index >= 15 is 0 Å². The fourth-order valence-corrected chi connectivity index (χ4v) is 4.95. The van der Waals surface area contributed by atoms with Gasteiger partial charge in [-0.1, -0.05) is 84.3 Å². The highest BCUT2D eigenvalue weighted by atomic mass is 15.1. The van der Waals surface area contributed by atoms with Gasteiger partial charge in [-0.25, -0.2) is 0 Å². The lowest BCUT2D eigenvalue weighted by molar-refractivity contribution is 0.221. The number of piperidine rings is 1. The number of hydrogen-bond acceptors (Lipinski definition) is 2. The van der Waals surface area contributed by atoms with E-state index in [1.165, 1.54) is 57.5 Å². The van der Waals surface area contributed by atoms with Gasteiger partial charge in [0.25, 0.3) is 0 Å². The number of fused-ring (bicyclic) bond motifs is 2. The Hall–Kier alpha value is -3.33. The van der Waals surface area contributed by atoms with E-state index in [1.54, 1.807) is 0 Å². The summed E-state index contributed by atoms with van der Waals surface area (Å²) in [5, 5.41) is 8.85. The standard InChI is InChI=1S/C27H26N4/c28-30-29-18-22-14-12-20-8-2-4-10-24(20)26(22)27-23(19-31-16-6-1-7-17-31)15-13-21-9-3-5-11-25(21)27/h2-5,8-15H,1,6-7,16-19H2. The molecule has 0 bridgehead atoms. The van der Waals surface area contributed by atoms with Crippen molar-refractivity contribution >= 4 is 21.5 Å². The zero-order valence-electron chi connectivity index (χ0n) is 17.7. The first-order valence-corrected chi connectivity index (χ1v) is 11.1. The van der Waals surface area contributed by atoms with Crippen molar-refractivity contribution in [2.75, 3.05) is 13.1 Å². The van der Waals surface area contributed by atoms with Crippen LogP contribution in [0.4, 0.5) is 0 Å². The van der Waals surface area contributed by atoms with E-state index in [2.05, 4.69) is 87.7 Å². The van der Waals surface area contributed by atoms with Crippen molar-refractivity contribution in [1.29, 1.82) is 0 Å². The average Bonchev–Trinajstić information content (AvgIpc) is 2.83. The lowest BCUT2D eigenvalue weighted by Crippen LogP contribution is -2.29. The lowest BCUT2D eigenvalue weighted by Gasteiger charge is -2.28. The lowest BCUT2D eigenvalue weighted by atomic mass is 9.86. The Bertz CT molecular complexity index is 1280. The number of azide groups is 1. The molecular weight excluding hydrogens is 380 g/mol. The van der Waals surface area contributed by atoms with Gasteiger partial charge in [0.1, 0.15) is 0 Å². The first kappa shape index (κ1) is 19.6. The highest BCUT2D eigenvalue weighted by molar-refractivity contribution is 6.07. The molecule has 0 radical (unpaired) electrons. The minimum Gasteiger partial charge on any atom is -0.299 e. The molecule has 0 saturated carbocycles. The maximum absolute atomic E-state index is 9.00. The second kappa shape index (κ2) is 8.81. The van der Waals surface area contributed by atoms with Crippen molar-refractivity contribution in [1.82, 2.24) is 4.90 Å². The molecule has 1 fully saturated rings. The molecule has 0 atom stereocenters. The van der Waals surface area contributed by atoms with E-state index in [1.807, 2.05) is 0 Å². The maximum Gasteiger partial charge on any atom is 0.0517 e. The zero-order chi connectivity index (χ0) is 21.0. The number of benzene rings is 4. The molecule has 154 valence electrons. The fourth-order valence-electron chi connectivity index (χ4n) is 4.95. The van der Waals surface area contributed by atoms with Crippen LogP contribution >= 0.6 is 0 Å². The largest absolute Gasteiger partial charge is 0.299 e. The predicted molar refractivity (Wildman–Crippen MR) is 129 cm³/mol. The van der Waals surface area contributed by atoms with Gasteiger partial charge in [-0.15, -0.1) is 0 Å². The molecule has 1 heterocycles. The van der Waals surface area contributed by atoms with Gasteiger partial charge >= 0.3 is 0 Å². The molecule has 1 aliphatic rings. The van der Waals surface area contributed by atoms with E-state index in [0.717, 1.165) is 25.2 Å². The van der Waals surface area contributed by atoms with Gasteiger partial charge in [-0.2, -0.15) is 0 Å². The molecule has 0 aromatic heterocycles. The summed E-state index contributed by atoms with van der Waals surface area (Å²) in [4.78, 5) is 5.62. The Morgan fingerprint density at radius 1 is 0.710 bits per heavy atom. The van der Waals surface area contributed by atoms with Crippen molar-refractivity contribution in [3.63, 3.8) is 0 Å². The minimum absolute atomic E-state index is 0.350. The molecule has 1 saturated heterocycles. The Balaban J connectivity index is 1.79. The molecule has 4 heteroatoms. The molecule has 0 unspecified atom stereocenters. The third-order valence-electron chi connectivity index (χ3n) is 6.43. The van der Waals surface area contributed by atoms with Crippen LogP contribution in [0.25, 0.3) is 43.1 Å². The fraction of sp³-hybridized carbons (Fsp3) is 0.259. The monoisotopic (exact) mass is 406 g/mol. The van der Waals surface area contributed by atoms with E-state index in [0.29, 0.717) is 6.54 Å². The summed E-state index contributed by atoms with van der Waals surface area (Å²) in [5.41, 5.74) is 13.9. The quantitative estimate of drug-likeness (QED) is 0.193. The zero-order valence-corrected chi connectivity index (χ0v) is 17.7. The topological polar surface area (TPSA) is 52.0 Å². The van der Waals surface area contributed by atoms with Gasteiger partial charge < -0.3 is 0 Å². The molecule has 4 nitrogen and oxygen atoms in total. The first-order chi connectivity index (χ1) is 15.3. The first-order valence-electron chi connectivity index (χ1n) is 11.1. The van der Waals surface area contributed by atoms with E-state index in [9.17, 15) is 0 Å². The molecule has 0 spiro atoms. The molecule has 4 aromatic carbocycles. The average molecular weight is 407 g/mol. The van der Waals surface area contributed by atoms with Gasteiger partial charge in [-0.3, -0.25) is 4.90 Å². The summed E-state index contributed by atoms with van der Waals surface area (Å²) in [6.07, 6.45) is 3.89. The van der Waals surface area contributed by atoms with Crippen LogP contribution in [-0.4, -0.2) is 18.0 Å². The van der Waals surface area contributed by atoms with Crippen LogP contribution in [0, 0.1) is 0 Å². The van der Waals surface area contributed by atoms with Crippen LogP contribution in [-0.2, 0) is 13.1 Å². The maximum atomic E-state index is 9.00. The number of likely N-dealkylation sites (tertiary alicyclic amines) is 1. The van der Waals surface area contributed by atoms with Gasteiger partial charge in [0.05, 0.1) is 6.54 Å². The highest BCUT2D eigenvalue weighted by Crippen LogP contribution is 2.40. The number of rotatable bonds is 5. The Labute approximate surface area is 182 Å². The molecule has 1 aliphatic heterocycles. The molecule has 0 aliphatic carbocycles. The smallest absolute Gasteiger partial charge is 0.0517 e. The normalized spacial score (nSPS) is 14.6. The van der Waals surface area contributed by atoms with Crippen molar-refractivity contribution in [3.05, 3.63) is 94.4 Å². The summed E-state index contributed by atoms with van der Waals surface area (Å²) in [6, 6.07) is 26.0. The second-order valence-electron chi connectivity index (χ2n) is 8.37. The third-order valence-corrected chi connectivity index (χ3v) is 6.43. The minimum atomic E-state index is 0.350. The summed E-state index contributed by atoms with van der Waals surface area (Å²) in [6.45, 7) is 3.62. The molecule has 0 amide bonds. The number of nitrogens with zero attached hydrogens (tertiary/aromatic N) is 4. The second-order valence-corrected chi connectivity index (χ2v) is 8.37. The van der Waals surface area contributed by atoms with Crippen molar-refractivity contribution in [2.24, 2.45) is 5.11 Å². The van der Waals surface area contributed by atoms with Gasteiger partial charge in [0, 0.05) is 11.5 Å².